The summed E-state index contributed by atoms with van der Waals surface area (Å²) in [4.78, 5) is 0. The Bertz CT molecular complexity index is 1060. The van der Waals surface area contributed by atoms with Gasteiger partial charge in [-0.3, -0.25) is 0 Å². The van der Waals surface area contributed by atoms with E-state index >= 15 is 0 Å². The van der Waals surface area contributed by atoms with E-state index in [0.717, 1.165) is 12.2 Å². The van der Waals surface area contributed by atoms with Crippen LogP contribution in [-0.2, 0) is 19.4 Å². The molecule has 27 heavy (non-hydrogen) atoms. The maximum Gasteiger partial charge on any atom is 0.119 e. The van der Waals surface area contributed by atoms with Gasteiger partial charge in [-0.1, -0.05) is 48.5 Å². The van der Waals surface area contributed by atoms with E-state index in [4.69, 9.17) is 4.74 Å². The number of hydrogen-bond donors (Lipinski definition) is 0. The van der Waals surface area contributed by atoms with Crippen molar-refractivity contribution in [2.45, 2.75) is 32.3 Å². The van der Waals surface area contributed by atoms with Crippen LogP contribution in [0.5, 0.6) is 5.75 Å². The number of ether oxygens (including phenoxy) is 1. The van der Waals surface area contributed by atoms with Gasteiger partial charge in [0.2, 0.25) is 0 Å². The van der Waals surface area contributed by atoms with Crippen molar-refractivity contribution in [2.75, 3.05) is 0 Å². The highest BCUT2D eigenvalue weighted by Gasteiger charge is 2.20. The molecule has 1 aromatic heterocycles. The van der Waals surface area contributed by atoms with E-state index < -0.39 is 0 Å². The summed E-state index contributed by atoms with van der Waals surface area (Å²) in [6.07, 6.45) is 4.94. The highest BCUT2D eigenvalue weighted by atomic mass is 16.5. The lowest BCUT2D eigenvalue weighted by atomic mass is 9.95. The van der Waals surface area contributed by atoms with Crippen LogP contribution in [0.4, 0.5) is 0 Å². The van der Waals surface area contributed by atoms with Crippen LogP contribution in [0.3, 0.4) is 0 Å². The Labute approximate surface area is 160 Å². The van der Waals surface area contributed by atoms with Gasteiger partial charge < -0.3 is 9.30 Å². The largest absolute Gasteiger partial charge is 0.489 e. The summed E-state index contributed by atoms with van der Waals surface area (Å²) in [6, 6.07) is 27.6. The van der Waals surface area contributed by atoms with Crippen molar-refractivity contribution in [1.29, 1.82) is 0 Å². The van der Waals surface area contributed by atoms with E-state index in [2.05, 4.69) is 65.2 Å². The lowest BCUT2D eigenvalue weighted by molar-refractivity contribution is 0.306. The van der Waals surface area contributed by atoms with Crippen molar-refractivity contribution in [1.82, 2.24) is 4.57 Å². The molecule has 5 rings (SSSR count). The molecule has 3 aromatic carbocycles. The Morgan fingerprint density at radius 2 is 1.48 bits per heavy atom. The zero-order chi connectivity index (χ0) is 18.1. The fourth-order valence-electron chi connectivity index (χ4n) is 4.22. The molecule has 1 heterocycles. The first-order chi connectivity index (χ1) is 13.4. The molecule has 0 fully saturated rings. The van der Waals surface area contributed by atoms with Gasteiger partial charge >= 0.3 is 0 Å². The quantitative estimate of drug-likeness (QED) is 0.433. The Balaban J connectivity index is 1.47. The molecule has 4 aromatic rings. The number of nitrogens with zero attached hydrogens (tertiary/aromatic N) is 1. The molecular formula is C25H23NO. The van der Waals surface area contributed by atoms with Crippen molar-refractivity contribution in [2.24, 2.45) is 0 Å². The van der Waals surface area contributed by atoms with Crippen molar-refractivity contribution in [3.05, 3.63) is 95.7 Å². The molecule has 0 saturated heterocycles. The summed E-state index contributed by atoms with van der Waals surface area (Å²) in [7, 11) is 0. The first-order valence-corrected chi connectivity index (χ1v) is 9.78. The number of fused-ring (bicyclic) bond motifs is 3. The van der Waals surface area contributed by atoms with E-state index in [1.165, 1.54) is 47.1 Å². The second-order valence-corrected chi connectivity index (χ2v) is 7.25. The van der Waals surface area contributed by atoms with Crippen LogP contribution in [0.2, 0.25) is 0 Å². The van der Waals surface area contributed by atoms with Crippen LogP contribution in [0.1, 0.15) is 29.7 Å². The lowest BCUT2D eigenvalue weighted by Gasteiger charge is -2.16. The SMILES string of the molecule is c1ccc(COc2ccc(-n3c4c(c5ccccc53)CCCC4)cc2)cc1. The number of aromatic nitrogens is 1. The molecule has 2 nitrogen and oxygen atoms in total. The Hall–Kier alpha value is -3.00. The summed E-state index contributed by atoms with van der Waals surface area (Å²) < 4.78 is 8.40. The first kappa shape index (κ1) is 16.2. The van der Waals surface area contributed by atoms with E-state index in [9.17, 15) is 0 Å². The molecule has 0 amide bonds. The monoisotopic (exact) mass is 353 g/mol. The average molecular weight is 353 g/mol. The van der Waals surface area contributed by atoms with Crippen molar-refractivity contribution < 1.29 is 4.74 Å². The van der Waals surface area contributed by atoms with Crippen molar-refractivity contribution in [3.63, 3.8) is 0 Å². The molecule has 0 bridgehead atoms. The summed E-state index contributed by atoms with van der Waals surface area (Å²) in [5, 5.41) is 1.41. The molecule has 0 N–H and O–H groups in total. The fourth-order valence-corrected chi connectivity index (χ4v) is 4.22. The number of hydrogen-bond acceptors (Lipinski definition) is 1. The van der Waals surface area contributed by atoms with Gasteiger partial charge in [-0.05, 0) is 67.1 Å². The van der Waals surface area contributed by atoms with Gasteiger partial charge in [0.05, 0.1) is 5.52 Å². The van der Waals surface area contributed by atoms with Gasteiger partial charge in [0.1, 0.15) is 12.4 Å². The standard InChI is InChI=1S/C25H23NO/c1-2-8-19(9-3-1)18-27-21-16-14-20(15-17-21)26-24-12-6-4-10-22(24)23-11-5-7-13-25(23)26/h1-4,6,8-10,12,14-17H,5,7,11,13,18H2. The first-order valence-electron chi connectivity index (χ1n) is 9.78. The molecule has 0 atom stereocenters. The highest BCUT2D eigenvalue weighted by molar-refractivity contribution is 5.87. The predicted octanol–water partition coefficient (Wildman–Crippen LogP) is 6.09. The summed E-state index contributed by atoms with van der Waals surface area (Å²) in [5.41, 5.74) is 6.76. The third-order valence-corrected chi connectivity index (χ3v) is 5.52. The average Bonchev–Trinajstić information content (AvgIpc) is 3.08. The molecule has 0 saturated carbocycles. The van der Waals surface area contributed by atoms with Crippen LogP contribution < -0.4 is 4.74 Å². The van der Waals surface area contributed by atoms with E-state index in [0.29, 0.717) is 6.61 Å². The molecule has 0 aliphatic heterocycles. The normalized spacial score (nSPS) is 13.5. The lowest BCUT2D eigenvalue weighted by Crippen LogP contribution is -2.06. The van der Waals surface area contributed by atoms with Crippen molar-refractivity contribution in [3.8, 4) is 11.4 Å². The zero-order valence-electron chi connectivity index (χ0n) is 15.4. The Morgan fingerprint density at radius 3 is 2.33 bits per heavy atom. The molecule has 0 spiro atoms. The number of para-hydroxylation sites is 1. The van der Waals surface area contributed by atoms with Gasteiger partial charge in [0.15, 0.2) is 0 Å². The summed E-state index contributed by atoms with van der Waals surface area (Å²) in [5.74, 6) is 0.910. The van der Waals surface area contributed by atoms with Crippen LogP contribution >= 0.6 is 0 Å². The fraction of sp³-hybridized carbons (Fsp3) is 0.200. The van der Waals surface area contributed by atoms with Crippen LogP contribution in [-0.4, -0.2) is 4.57 Å². The molecule has 1 aliphatic rings. The molecule has 2 heteroatoms. The molecule has 1 aliphatic carbocycles. The Morgan fingerprint density at radius 1 is 0.741 bits per heavy atom. The number of aryl methyl sites for hydroxylation is 1. The molecule has 0 radical (unpaired) electrons. The Kier molecular flexibility index (Phi) is 4.17. The second kappa shape index (κ2) is 6.96. The van der Waals surface area contributed by atoms with E-state index in [-0.39, 0.29) is 0 Å². The maximum absolute atomic E-state index is 5.96. The van der Waals surface area contributed by atoms with Crippen molar-refractivity contribution >= 4 is 10.9 Å². The van der Waals surface area contributed by atoms with E-state index in [1.807, 2.05) is 18.2 Å². The smallest absolute Gasteiger partial charge is 0.119 e. The van der Waals surface area contributed by atoms with Gasteiger partial charge in [0, 0.05) is 16.8 Å². The number of benzene rings is 3. The minimum atomic E-state index is 0.599. The van der Waals surface area contributed by atoms with Crippen LogP contribution in [0.25, 0.3) is 16.6 Å². The topological polar surface area (TPSA) is 14.2 Å². The van der Waals surface area contributed by atoms with Crippen LogP contribution in [0.15, 0.2) is 78.9 Å². The number of rotatable bonds is 4. The minimum Gasteiger partial charge on any atom is -0.489 e. The van der Waals surface area contributed by atoms with E-state index in [1.54, 1.807) is 5.56 Å². The maximum atomic E-state index is 5.96. The summed E-state index contributed by atoms with van der Waals surface area (Å²) in [6.45, 7) is 0.599. The van der Waals surface area contributed by atoms with Gasteiger partial charge in [-0.2, -0.15) is 0 Å². The van der Waals surface area contributed by atoms with Gasteiger partial charge in [-0.15, -0.1) is 0 Å². The summed E-state index contributed by atoms with van der Waals surface area (Å²) >= 11 is 0. The molecule has 0 unspecified atom stereocenters. The van der Waals surface area contributed by atoms with Crippen LogP contribution in [0, 0.1) is 0 Å². The van der Waals surface area contributed by atoms with Gasteiger partial charge in [-0.25, -0.2) is 0 Å². The zero-order valence-corrected chi connectivity index (χ0v) is 15.4. The second-order valence-electron chi connectivity index (χ2n) is 7.25. The molecule has 134 valence electrons. The minimum absolute atomic E-state index is 0.599. The van der Waals surface area contributed by atoms with Gasteiger partial charge in [0.25, 0.3) is 0 Å². The third kappa shape index (κ3) is 3.02. The highest BCUT2D eigenvalue weighted by Crippen LogP contribution is 2.34. The third-order valence-electron chi connectivity index (χ3n) is 5.52. The predicted molar refractivity (Wildman–Crippen MR) is 111 cm³/mol. The molecular weight excluding hydrogens is 330 g/mol.